The number of hydrogen-bond donors (Lipinski definition) is 2. The smallest absolute Gasteiger partial charge is 0.0109 e. The van der Waals surface area contributed by atoms with Gasteiger partial charge in [-0.25, -0.2) is 5.43 Å². The third kappa shape index (κ3) is 13.4. The van der Waals surface area contributed by atoms with Gasteiger partial charge in [-0.15, -0.1) is 0 Å². The van der Waals surface area contributed by atoms with Gasteiger partial charge >= 0.3 is 0 Å². The summed E-state index contributed by atoms with van der Waals surface area (Å²) in [5.74, 6) is 1.28. The van der Waals surface area contributed by atoms with E-state index in [0.29, 0.717) is 0 Å². The zero-order valence-corrected chi connectivity index (χ0v) is 14.1. The minimum atomic E-state index is 1.10. The van der Waals surface area contributed by atoms with Crippen LogP contribution in [-0.4, -0.2) is 12.3 Å². The fourth-order valence-corrected chi connectivity index (χ4v) is 4.05. The molecule has 0 aromatic rings. The number of rotatable bonds is 0. The molecule has 0 unspecified atom stereocenters. The Kier molecular flexibility index (Phi) is 14.0. The van der Waals surface area contributed by atoms with Gasteiger partial charge in [-0.2, -0.15) is 4.83 Å². The number of nitrogens with one attached hydrogen (secondary N) is 2. The summed E-state index contributed by atoms with van der Waals surface area (Å²) in [6.45, 7) is 1.10. The van der Waals surface area contributed by atoms with Gasteiger partial charge in [-0.05, 0) is 12.8 Å². The quantitative estimate of drug-likeness (QED) is 0.458. The molecule has 1 aliphatic rings. The first kappa shape index (κ1) is 17.7. The molecule has 19 heavy (non-hydrogen) atoms. The normalized spacial score (nSPS) is 24.0. The Labute approximate surface area is 128 Å². The van der Waals surface area contributed by atoms with Crippen LogP contribution >= 0.6 is 21.8 Å². The first-order valence-corrected chi connectivity index (χ1v) is 10.6. The highest BCUT2D eigenvalue weighted by molar-refractivity contribution is 8.75. The highest BCUT2D eigenvalue weighted by Gasteiger charge is 1.96. The van der Waals surface area contributed by atoms with Crippen molar-refractivity contribution >= 4 is 21.8 Å². The Morgan fingerprint density at radius 1 is 0.526 bits per heavy atom. The van der Waals surface area contributed by atoms with Gasteiger partial charge in [0.2, 0.25) is 0 Å². The van der Waals surface area contributed by atoms with Gasteiger partial charge in [0.25, 0.3) is 0 Å². The van der Waals surface area contributed by atoms with Crippen LogP contribution in [0.4, 0.5) is 0 Å². The second-order valence-corrected chi connectivity index (χ2v) is 7.75. The second-order valence-electron chi connectivity index (χ2n) is 5.53. The van der Waals surface area contributed by atoms with E-state index in [1.165, 1.54) is 89.2 Å². The molecule has 1 rings (SSSR count). The van der Waals surface area contributed by atoms with E-state index in [1.807, 2.05) is 10.8 Å². The lowest BCUT2D eigenvalue weighted by molar-refractivity contribution is 0.532. The highest BCUT2D eigenvalue weighted by atomic mass is 33.1. The van der Waals surface area contributed by atoms with E-state index in [2.05, 4.69) is 10.3 Å². The van der Waals surface area contributed by atoms with Crippen LogP contribution in [0.5, 0.6) is 0 Å². The Bertz CT molecular complexity index is 98.8. The molecule has 0 amide bonds. The van der Waals surface area contributed by atoms with E-state index in [-0.39, 0.29) is 0 Å². The molecule has 0 aromatic heterocycles. The third-order valence-electron chi connectivity index (χ3n) is 3.70. The Balaban J connectivity index is 2.01. The largest absolute Gasteiger partial charge is 0.247 e. The van der Waals surface area contributed by atoms with Crippen LogP contribution in [0.2, 0.25) is 0 Å². The molecule has 0 saturated carbocycles. The number of hydrazine groups is 1. The molecule has 2 N–H and O–H groups in total. The van der Waals surface area contributed by atoms with Crippen LogP contribution in [0.15, 0.2) is 0 Å². The van der Waals surface area contributed by atoms with Crippen LogP contribution in [0.25, 0.3) is 0 Å². The maximum Gasteiger partial charge on any atom is 0.0109 e. The third-order valence-corrected chi connectivity index (χ3v) is 5.61. The minimum Gasteiger partial charge on any atom is -0.247 e. The Morgan fingerprint density at radius 2 is 1.00 bits per heavy atom. The molecule has 1 aliphatic heterocycles. The molecule has 4 heteroatoms. The van der Waals surface area contributed by atoms with Crippen LogP contribution < -0.4 is 10.3 Å². The van der Waals surface area contributed by atoms with Crippen molar-refractivity contribution in [3.8, 4) is 0 Å². The molecular weight excluding hydrogens is 272 g/mol. The maximum atomic E-state index is 3.29. The first-order chi connectivity index (χ1) is 9.50. The fraction of sp³-hybridized carbons (Fsp3) is 1.00. The highest BCUT2D eigenvalue weighted by Crippen LogP contribution is 2.19. The predicted octanol–water partition coefficient (Wildman–Crippen LogP) is 5.46. The second kappa shape index (κ2) is 15.0. The lowest BCUT2D eigenvalue weighted by Crippen LogP contribution is -2.25. The van der Waals surface area contributed by atoms with Gasteiger partial charge in [-0.1, -0.05) is 81.4 Å². The summed E-state index contributed by atoms with van der Waals surface area (Å²) in [6.07, 6.45) is 18.6. The van der Waals surface area contributed by atoms with E-state index < -0.39 is 0 Å². The van der Waals surface area contributed by atoms with E-state index in [4.69, 9.17) is 0 Å². The van der Waals surface area contributed by atoms with Gasteiger partial charge in [0.15, 0.2) is 0 Å². The fourth-order valence-electron chi connectivity index (χ4n) is 2.47. The Hall–Kier alpha value is 0.620. The van der Waals surface area contributed by atoms with Crippen LogP contribution in [0, 0.1) is 0 Å². The molecule has 0 aliphatic carbocycles. The van der Waals surface area contributed by atoms with Crippen molar-refractivity contribution in [1.29, 1.82) is 0 Å². The molecule has 0 aromatic carbocycles. The van der Waals surface area contributed by atoms with Crippen molar-refractivity contribution < 1.29 is 0 Å². The average molecular weight is 305 g/mol. The summed E-state index contributed by atoms with van der Waals surface area (Å²) in [7, 11) is 3.70. The molecule has 1 fully saturated rings. The summed E-state index contributed by atoms with van der Waals surface area (Å²) in [6, 6.07) is 0. The summed E-state index contributed by atoms with van der Waals surface area (Å²) in [4.78, 5) is 3.23. The lowest BCUT2D eigenvalue weighted by atomic mass is 10.0. The molecular formula is C15H32N2S2. The predicted molar refractivity (Wildman–Crippen MR) is 91.2 cm³/mol. The molecule has 0 atom stereocenters. The SMILES string of the molecule is C1CCCCCCCNNSSCCCCCCC1. The maximum absolute atomic E-state index is 3.29. The zero-order chi connectivity index (χ0) is 13.4. The van der Waals surface area contributed by atoms with Crippen molar-refractivity contribution in [2.45, 2.75) is 83.5 Å². The van der Waals surface area contributed by atoms with Gasteiger partial charge < -0.3 is 0 Å². The number of hydrogen-bond acceptors (Lipinski definition) is 4. The van der Waals surface area contributed by atoms with Crippen molar-refractivity contribution in [2.24, 2.45) is 0 Å². The van der Waals surface area contributed by atoms with Crippen LogP contribution in [0.1, 0.15) is 83.5 Å². The standard InChI is InChI=1S/C15H32N2S2/c1-2-4-6-8-10-12-14-16-17-19-18-15-13-11-9-7-5-3-1/h16-17H,1-15H2. The molecule has 114 valence electrons. The first-order valence-electron chi connectivity index (χ1n) is 8.26. The van der Waals surface area contributed by atoms with E-state index in [1.54, 1.807) is 11.0 Å². The topological polar surface area (TPSA) is 24.1 Å². The van der Waals surface area contributed by atoms with Gasteiger partial charge in [0, 0.05) is 23.3 Å². The van der Waals surface area contributed by atoms with Crippen LogP contribution in [-0.2, 0) is 0 Å². The van der Waals surface area contributed by atoms with Gasteiger partial charge in [0.05, 0.1) is 0 Å². The van der Waals surface area contributed by atoms with Crippen LogP contribution in [0.3, 0.4) is 0 Å². The van der Waals surface area contributed by atoms with E-state index in [0.717, 1.165) is 6.54 Å². The molecule has 2 nitrogen and oxygen atoms in total. The van der Waals surface area contributed by atoms with Crippen molar-refractivity contribution in [3.05, 3.63) is 0 Å². The van der Waals surface area contributed by atoms with Crippen molar-refractivity contribution in [1.82, 2.24) is 10.3 Å². The molecule has 0 radical (unpaired) electrons. The lowest BCUT2D eigenvalue weighted by Gasteiger charge is -2.05. The average Bonchev–Trinajstić information content (AvgIpc) is 2.43. The summed E-state index contributed by atoms with van der Waals surface area (Å²) in [5, 5.41) is 0. The van der Waals surface area contributed by atoms with E-state index >= 15 is 0 Å². The Morgan fingerprint density at radius 3 is 1.58 bits per heavy atom. The molecule has 0 bridgehead atoms. The monoisotopic (exact) mass is 304 g/mol. The molecule has 0 spiro atoms. The van der Waals surface area contributed by atoms with E-state index in [9.17, 15) is 0 Å². The van der Waals surface area contributed by atoms with Gasteiger partial charge in [0.1, 0.15) is 0 Å². The molecule has 1 saturated heterocycles. The summed E-state index contributed by atoms with van der Waals surface area (Å²) < 4.78 is 0. The van der Waals surface area contributed by atoms with Gasteiger partial charge in [-0.3, -0.25) is 0 Å². The van der Waals surface area contributed by atoms with Crippen molar-refractivity contribution in [3.63, 3.8) is 0 Å². The zero-order valence-electron chi connectivity index (χ0n) is 12.4. The summed E-state index contributed by atoms with van der Waals surface area (Å²) >= 11 is 0. The minimum absolute atomic E-state index is 1.10. The van der Waals surface area contributed by atoms with Crippen molar-refractivity contribution in [2.75, 3.05) is 12.3 Å². The molecule has 1 heterocycles. The summed E-state index contributed by atoms with van der Waals surface area (Å²) in [5.41, 5.74) is 3.29.